The first-order chi connectivity index (χ1) is 15.9. The number of benzene rings is 2. The van der Waals surface area contributed by atoms with E-state index in [0.29, 0.717) is 17.8 Å². The summed E-state index contributed by atoms with van der Waals surface area (Å²) in [4.78, 5) is 14.3. The number of thiophene rings is 1. The molecule has 0 aliphatic rings. The van der Waals surface area contributed by atoms with Crippen LogP contribution in [0.1, 0.15) is 58.4 Å². The Morgan fingerprint density at radius 2 is 1.65 bits per heavy atom. The largest absolute Gasteiger partial charge is 0.416 e. The van der Waals surface area contributed by atoms with Gasteiger partial charge >= 0.3 is 6.18 Å². The minimum Gasteiger partial charge on any atom is -0.347 e. The van der Waals surface area contributed by atoms with Gasteiger partial charge in [0.2, 0.25) is 0 Å². The van der Waals surface area contributed by atoms with Crippen molar-refractivity contribution in [1.29, 1.82) is 0 Å². The van der Waals surface area contributed by atoms with Crippen molar-refractivity contribution in [3.8, 4) is 0 Å². The van der Waals surface area contributed by atoms with Crippen LogP contribution >= 0.6 is 11.3 Å². The normalized spacial score (nSPS) is 12.3. The fourth-order valence-corrected chi connectivity index (χ4v) is 4.91. The van der Waals surface area contributed by atoms with Crippen LogP contribution in [0.25, 0.3) is 10.2 Å². The van der Waals surface area contributed by atoms with Crippen molar-refractivity contribution in [3.05, 3.63) is 93.5 Å². The van der Waals surface area contributed by atoms with Crippen LogP contribution in [-0.4, -0.2) is 10.5 Å². The molecule has 4 aromatic rings. The summed E-state index contributed by atoms with van der Waals surface area (Å²) < 4.78 is 42.0. The molecule has 0 saturated carbocycles. The van der Waals surface area contributed by atoms with Gasteiger partial charge in [-0.1, -0.05) is 57.2 Å². The number of nitrogens with one attached hydrogen (secondary N) is 1. The molecular weight excluding hydrogens is 457 g/mol. The van der Waals surface area contributed by atoms with E-state index in [-0.39, 0.29) is 17.9 Å². The van der Waals surface area contributed by atoms with Gasteiger partial charge < -0.3 is 9.88 Å². The van der Waals surface area contributed by atoms with Gasteiger partial charge in [-0.05, 0) is 53.3 Å². The molecule has 1 N–H and O–H groups in total. The molecule has 4 rings (SSSR count). The Morgan fingerprint density at radius 3 is 2.29 bits per heavy atom. The van der Waals surface area contributed by atoms with Crippen LogP contribution in [0.15, 0.2) is 60.7 Å². The number of fused-ring (bicyclic) bond motifs is 1. The number of aromatic nitrogens is 1. The highest BCUT2D eigenvalue weighted by Crippen LogP contribution is 2.31. The topological polar surface area (TPSA) is 34.0 Å². The van der Waals surface area contributed by atoms with Gasteiger partial charge in [-0.3, -0.25) is 4.79 Å². The van der Waals surface area contributed by atoms with Gasteiger partial charge in [0.25, 0.3) is 5.91 Å². The number of aryl methyl sites for hydroxylation is 1. The van der Waals surface area contributed by atoms with E-state index in [0.717, 1.165) is 32.8 Å². The Kier molecular flexibility index (Phi) is 6.34. The second-order valence-electron chi connectivity index (χ2n) is 9.55. The first-order valence-electron chi connectivity index (χ1n) is 11.1. The lowest BCUT2D eigenvalue weighted by Crippen LogP contribution is -2.26. The van der Waals surface area contributed by atoms with E-state index < -0.39 is 11.7 Å². The van der Waals surface area contributed by atoms with Crippen LogP contribution in [-0.2, 0) is 24.7 Å². The third kappa shape index (κ3) is 5.20. The molecule has 34 heavy (non-hydrogen) atoms. The zero-order chi connectivity index (χ0) is 24.7. The number of amides is 1. The van der Waals surface area contributed by atoms with Crippen LogP contribution in [0.5, 0.6) is 0 Å². The van der Waals surface area contributed by atoms with Crippen molar-refractivity contribution in [2.75, 3.05) is 0 Å². The van der Waals surface area contributed by atoms with Gasteiger partial charge in [0, 0.05) is 18.0 Å². The van der Waals surface area contributed by atoms with Gasteiger partial charge in [-0.2, -0.15) is 13.2 Å². The van der Waals surface area contributed by atoms with E-state index in [4.69, 9.17) is 0 Å². The molecule has 0 aliphatic carbocycles. The standard InChI is InChI=1S/C27H27F3N2OS/c1-17-12-22-24(34-17)14-23(32(22)16-18-8-10-20(11-9-18)26(2,3)4)25(33)31-15-19-6-5-7-21(13-19)27(28,29)30/h5-14H,15-16H2,1-4H3,(H,31,33). The highest BCUT2D eigenvalue weighted by Gasteiger charge is 2.30. The highest BCUT2D eigenvalue weighted by molar-refractivity contribution is 7.19. The van der Waals surface area contributed by atoms with E-state index in [1.807, 2.05) is 17.6 Å². The van der Waals surface area contributed by atoms with E-state index in [1.54, 1.807) is 17.4 Å². The molecule has 0 saturated heterocycles. The summed E-state index contributed by atoms with van der Waals surface area (Å²) in [5.41, 5.74) is 3.51. The summed E-state index contributed by atoms with van der Waals surface area (Å²) in [5, 5.41) is 2.79. The predicted octanol–water partition coefficient (Wildman–Crippen LogP) is 7.31. The van der Waals surface area contributed by atoms with E-state index in [2.05, 4.69) is 56.4 Å². The first-order valence-corrected chi connectivity index (χ1v) is 11.9. The number of halogens is 3. The number of carbonyl (C=O) groups is 1. The maximum absolute atomic E-state index is 13.1. The van der Waals surface area contributed by atoms with Crippen molar-refractivity contribution in [1.82, 2.24) is 9.88 Å². The number of hydrogen-bond acceptors (Lipinski definition) is 2. The molecule has 0 unspecified atom stereocenters. The van der Waals surface area contributed by atoms with Gasteiger partial charge in [0.1, 0.15) is 5.69 Å². The summed E-state index contributed by atoms with van der Waals surface area (Å²) in [6.07, 6.45) is -4.42. The molecule has 2 aromatic carbocycles. The fourth-order valence-electron chi connectivity index (χ4n) is 3.95. The quantitative estimate of drug-likeness (QED) is 0.317. The van der Waals surface area contributed by atoms with Gasteiger partial charge in [0.15, 0.2) is 0 Å². The van der Waals surface area contributed by atoms with Crippen LogP contribution < -0.4 is 5.32 Å². The molecule has 0 fully saturated rings. The maximum Gasteiger partial charge on any atom is 0.416 e. The average molecular weight is 485 g/mol. The lowest BCUT2D eigenvalue weighted by molar-refractivity contribution is -0.137. The summed E-state index contributed by atoms with van der Waals surface area (Å²) in [6.45, 7) is 9.06. The Balaban J connectivity index is 1.58. The monoisotopic (exact) mass is 484 g/mol. The van der Waals surface area contributed by atoms with Crippen molar-refractivity contribution in [3.63, 3.8) is 0 Å². The molecule has 2 aromatic heterocycles. The summed E-state index contributed by atoms with van der Waals surface area (Å²) in [7, 11) is 0. The van der Waals surface area contributed by atoms with Crippen LogP contribution in [0, 0.1) is 6.92 Å². The number of alkyl halides is 3. The van der Waals surface area contributed by atoms with E-state index in [9.17, 15) is 18.0 Å². The Labute approximate surface area is 201 Å². The number of nitrogens with zero attached hydrogens (tertiary/aromatic N) is 1. The molecular formula is C27H27F3N2OS. The van der Waals surface area contributed by atoms with Gasteiger partial charge in [0.05, 0.1) is 15.8 Å². The van der Waals surface area contributed by atoms with Crippen molar-refractivity contribution >= 4 is 27.5 Å². The van der Waals surface area contributed by atoms with E-state index in [1.165, 1.54) is 11.6 Å². The lowest BCUT2D eigenvalue weighted by Gasteiger charge is -2.19. The first kappa shape index (κ1) is 24.1. The zero-order valence-electron chi connectivity index (χ0n) is 19.6. The van der Waals surface area contributed by atoms with E-state index >= 15 is 0 Å². The minimum atomic E-state index is -4.42. The summed E-state index contributed by atoms with van der Waals surface area (Å²) >= 11 is 1.61. The third-order valence-electron chi connectivity index (χ3n) is 5.81. The molecule has 0 spiro atoms. The summed E-state index contributed by atoms with van der Waals surface area (Å²) in [5.74, 6) is -0.315. The average Bonchev–Trinajstić information content (AvgIpc) is 3.28. The van der Waals surface area contributed by atoms with Gasteiger partial charge in [-0.15, -0.1) is 11.3 Å². The van der Waals surface area contributed by atoms with Crippen LogP contribution in [0.4, 0.5) is 13.2 Å². The predicted molar refractivity (Wildman–Crippen MR) is 131 cm³/mol. The molecule has 0 bridgehead atoms. The molecule has 3 nitrogen and oxygen atoms in total. The van der Waals surface area contributed by atoms with Crippen LogP contribution in [0.3, 0.4) is 0 Å². The summed E-state index contributed by atoms with van der Waals surface area (Å²) in [6, 6.07) is 17.3. The Morgan fingerprint density at radius 1 is 0.941 bits per heavy atom. The van der Waals surface area contributed by atoms with Crippen molar-refractivity contribution in [2.24, 2.45) is 0 Å². The highest BCUT2D eigenvalue weighted by atomic mass is 32.1. The molecule has 0 radical (unpaired) electrons. The number of carbonyl (C=O) groups excluding carboxylic acids is 1. The second-order valence-corrected chi connectivity index (χ2v) is 10.8. The van der Waals surface area contributed by atoms with Crippen molar-refractivity contribution in [2.45, 2.75) is 52.4 Å². The molecule has 1 amide bonds. The maximum atomic E-state index is 13.1. The molecule has 178 valence electrons. The third-order valence-corrected chi connectivity index (χ3v) is 6.80. The molecule has 0 atom stereocenters. The Hall–Kier alpha value is -3.06. The molecule has 7 heteroatoms. The SMILES string of the molecule is Cc1cc2c(cc(C(=O)NCc3cccc(C(F)(F)F)c3)n2Cc2ccc(C(C)(C)C)cc2)s1. The minimum absolute atomic E-state index is 0.0148. The number of rotatable bonds is 5. The van der Waals surface area contributed by atoms with Crippen LogP contribution in [0.2, 0.25) is 0 Å². The lowest BCUT2D eigenvalue weighted by atomic mass is 9.87. The van der Waals surface area contributed by atoms with Gasteiger partial charge in [-0.25, -0.2) is 0 Å². The Bertz CT molecular complexity index is 1320. The molecule has 0 aliphatic heterocycles. The zero-order valence-corrected chi connectivity index (χ0v) is 20.4. The fraction of sp³-hybridized carbons (Fsp3) is 0.296. The second kappa shape index (κ2) is 8.95. The number of hydrogen-bond donors (Lipinski definition) is 1. The smallest absolute Gasteiger partial charge is 0.347 e. The molecule has 2 heterocycles. The van der Waals surface area contributed by atoms with Crippen molar-refractivity contribution < 1.29 is 18.0 Å².